The second kappa shape index (κ2) is 7.57. The lowest BCUT2D eigenvalue weighted by atomic mass is 9.98. The van der Waals surface area contributed by atoms with Gasteiger partial charge in [0.1, 0.15) is 0 Å². The van der Waals surface area contributed by atoms with Crippen LogP contribution in [-0.2, 0) is 6.42 Å². The van der Waals surface area contributed by atoms with Crippen molar-refractivity contribution < 1.29 is 0 Å². The minimum atomic E-state index is 0.504. The fourth-order valence-corrected chi connectivity index (χ4v) is 2.00. The second-order valence-corrected chi connectivity index (χ2v) is 5.47. The van der Waals surface area contributed by atoms with Crippen molar-refractivity contribution in [3.05, 3.63) is 18.0 Å². The van der Waals surface area contributed by atoms with E-state index in [9.17, 15) is 0 Å². The molecule has 0 aliphatic heterocycles. The van der Waals surface area contributed by atoms with Crippen LogP contribution in [0.15, 0.2) is 12.3 Å². The molecule has 0 radical (unpaired) electrons. The minimum absolute atomic E-state index is 0.504. The molecule has 1 aromatic rings. The Morgan fingerprint density at radius 2 is 2.00 bits per heavy atom. The van der Waals surface area contributed by atoms with Crippen LogP contribution in [0.3, 0.4) is 0 Å². The molecule has 0 bridgehead atoms. The van der Waals surface area contributed by atoms with E-state index in [1.165, 1.54) is 12.1 Å². The summed E-state index contributed by atoms with van der Waals surface area (Å²) in [6, 6.07) is 3.22. The van der Waals surface area contributed by atoms with Gasteiger partial charge in [-0.2, -0.15) is 5.10 Å². The summed E-state index contributed by atoms with van der Waals surface area (Å²) in [6.45, 7) is 12.3. The number of aromatic nitrogens is 2. The summed E-state index contributed by atoms with van der Waals surface area (Å²) >= 11 is 0. The third-order valence-electron chi connectivity index (χ3n) is 3.81. The van der Waals surface area contributed by atoms with Gasteiger partial charge < -0.3 is 5.32 Å². The molecule has 0 saturated carbocycles. The Hall–Kier alpha value is -0.830. The van der Waals surface area contributed by atoms with E-state index >= 15 is 0 Å². The van der Waals surface area contributed by atoms with Gasteiger partial charge in [-0.25, -0.2) is 0 Å². The van der Waals surface area contributed by atoms with Gasteiger partial charge in [0.15, 0.2) is 0 Å². The van der Waals surface area contributed by atoms with Crippen LogP contribution in [-0.4, -0.2) is 22.4 Å². The van der Waals surface area contributed by atoms with Gasteiger partial charge in [0.05, 0.1) is 5.69 Å². The largest absolute Gasteiger partial charge is 0.314 e. The highest BCUT2D eigenvalue weighted by Gasteiger charge is 2.14. The molecule has 3 nitrogen and oxygen atoms in total. The number of nitrogens with one attached hydrogen (secondary N) is 1. The van der Waals surface area contributed by atoms with E-state index in [2.05, 4.69) is 62.0 Å². The average molecular weight is 251 g/mol. The second-order valence-electron chi connectivity index (χ2n) is 5.47. The highest BCUT2D eigenvalue weighted by Crippen LogP contribution is 2.14. The fourth-order valence-electron chi connectivity index (χ4n) is 2.00. The highest BCUT2D eigenvalue weighted by molar-refractivity contribution is 5.01. The first-order valence-electron chi connectivity index (χ1n) is 7.35. The first-order chi connectivity index (χ1) is 8.58. The van der Waals surface area contributed by atoms with Gasteiger partial charge in [0.2, 0.25) is 0 Å². The Morgan fingerprint density at radius 3 is 2.61 bits per heavy atom. The van der Waals surface area contributed by atoms with E-state index < -0.39 is 0 Å². The molecule has 104 valence electrons. The maximum atomic E-state index is 4.67. The molecule has 3 heteroatoms. The van der Waals surface area contributed by atoms with Gasteiger partial charge in [-0.15, -0.1) is 0 Å². The summed E-state index contributed by atoms with van der Waals surface area (Å²) < 4.78 is 2.09. The lowest BCUT2D eigenvalue weighted by Gasteiger charge is -2.20. The number of nitrogens with zero attached hydrogens (tertiary/aromatic N) is 2. The zero-order valence-corrected chi connectivity index (χ0v) is 12.6. The highest BCUT2D eigenvalue weighted by atomic mass is 15.3. The maximum Gasteiger partial charge on any atom is 0.0627 e. The molecule has 18 heavy (non-hydrogen) atoms. The average Bonchev–Trinajstić information content (AvgIpc) is 2.83. The number of hydrogen-bond acceptors (Lipinski definition) is 2. The van der Waals surface area contributed by atoms with Crippen LogP contribution in [0.5, 0.6) is 0 Å². The molecular formula is C15H29N3. The summed E-state index contributed by atoms with van der Waals surface area (Å²) in [5.74, 6) is 0.622. The number of hydrogen-bond donors (Lipinski definition) is 1. The summed E-state index contributed by atoms with van der Waals surface area (Å²) in [5, 5.41) is 8.23. The van der Waals surface area contributed by atoms with Crippen molar-refractivity contribution in [3.8, 4) is 0 Å². The summed E-state index contributed by atoms with van der Waals surface area (Å²) in [7, 11) is 0. The van der Waals surface area contributed by atoms with Gasteiger partial charge >= 0.3 is 0 Å². The molecular weight excluding hydrogens is 222 g/mol. The zero-order chi connectivity index (χ0) is 13.5. The summed E-state index contributed by atoms with van der Waals surface area (Å²) in [5.41, 5.74) is 1.22. The fraction of sp³-hybridized carbons (Fsp3) is 0.800. The summed E-state index contributed by atoms with van der Waals surface area (Å²) in [6.07, 6.45) is 5.49. The van der Waals surface area contributed by atoms with Crippen molar-refractivity contribution in [1.29, 1.82) is 0 Å². The van der Waals surface area contributed by atoms with E-state index in [4.69, 9.17) is 0 Å². The molecule has 0 spiro atoms. The Morgan fingerprint density at radius 1 is 1.28 bits per heavy atom. The van der Waals surface area contributed by atoms with Crippen molar-refractivity contribution in [1.82, 2.24) is 15.1 Å². The van der Waals surface area contributed by atoms with E-state index in [0.29, 0.717) is 18.0 Å². The maximum absolute atomic E-state index is 4.67. The van der Waals surface area contributed by atoms with Crippen molar-refractivity contribution in [2.24, 2.45) is 5.92 Å². The van der Waals surface area contributed by atoms with Gasteiger partial charge in [-0.3, -0.25) is 4.68 Å². The molecule has 1 aromatic heterocycles. The SMILES string of the molecule is CCCNC(C)C(C)Cc1ccn(C(C)CC)n1. The Balaban J connectivity index is 2.48. The minimum Gasteiger partial charge on any atom is -0.314 e. The van der Waals surface area contributed by atoms with Crippen LogP contribution >= 0.6 is 0 Å². The lowest BCUT2D eigenvalue weighted by molar-refractivity contribution is 0.392. The third-order valence-corrected chi connectivity index (χ3v) is 3.81. The third kappa shape index (κ3) is 4.45. The van der Waals surface area contributed by atoms with Crippen molar-refractivity contribution in [2.75, 3.05) is 6.54 Å². The topological polar surface area (TPSA) is 29.9 Å². The van der Waals surface area contributed by atoms with E-state index in [1.54, 1.807) is 0 Å². The summed E-state index contributed by atoms with van der Waals surface area (Å²) in [4.78, 5) is 0. The van der Waals surface area contributed by atoms with Crippen molar-refractivity contribution >= 4 is 0 Å². The van der Waals surface area contributed by atoms with Crippen LogP contribution in [0, 0.1) is 5.92 Å². The van der Waals surface area contributed by atoms with Crippen molar-refractivity contribution in [3.63, 3.8) is 0 Å². The molecule has 3 atom stereocenters. The van der Waals surface area contributed by atoms with Crippen LogP contribution in [0.4, 0.5) is 0 Å². The molecule has 0 amide bonds. The molecule has 0 aliphatic rings. The predicted molar refractivity (Wildman–Crippen MR) is 77.9 cm³/mol. The Labute approximate surface area is 112 Å². The van der Waals surface area contributed by atoms with Gasteiger partial charge in [0.25, 0.3) is 0 Å². The predicted octanol–water partition coefficient (Wildman–Crippen LogP) is 3.42. The Kier molecular flexibility index (Phi) is 6.41. The number of rotatable bonds is 8. The molecule has 1 rings (SSSR count). The molecule has 0 fully saturated rings. The molecule has 0 aromatic carbocycles. The standard InChI is InChI=1S/C15H29N3/c1-6-9-16-14(5)12(3)11-15-8-10-18(17-15)13(4)7-2/h8,10,12-14,16H,6-7,9,11H2,1-5H3. The van der Waals surface area contributed by atoms with Crippen LogP contribution < -0.4 is 5.32 Å². The van der Waals surface area contributed by atoms with Gasteiger partial charge in [-0.1, -0.05) is 20.8 Å². The quantitative estimate of drug-likeness (QED) is 0.767. The zero-order valence-electron chi connectivity index (χ0n) is 12.6. The first kappa shape index (κ1) is 15.2. The normalized spacial score (nSPS) is 16.5. The van der Waals surface area contributed by atoms with Gasteiger partial charge in [0, 0.05) is 18.3 Å². The van der Waals surface area contributed by atoms with Crippen LogP contribution in [0.2, 0.25) is 0 Å². The van der Waals surface area contributed by atoms with Gasteiger partial charge in [-0.05, 0) is 51.6 Å². The molecule has 3 unspecified atom stereocenters. The molecule has 0 aliphatic carbocycles. The van der Waals surface area contributed by atoms with Crippen LogP contribution in [0.1, 0.15) is 59.2 Å². The van der Waals surface area contributed by atoms with Crippen molar-refractivity contribution in [2.45, 2.75) is 66.0 Å². The van der Waals surface area contributed by atoms with E-state index in [-0.39, 0.29) is 0 Å². The monoisotopic (exact) mass is 251 g/mol. The smallest absolute Gasteiger partial charge is 0.0627 e. The molecule has 0 saturated heterocycles. The molecule has 1 N–H and O–H groups in total. The molecule has 1 heterocycles. The lowest BCUT2D eigenvalue weighted by Crippen LogP contribution is -2.33. The van der Waals surface area contributed by atoms with E-state index in [0.717, 1.165) is 19.4 Å². The Bertz CT molecular complexity index is 332. The van der Waals surface area contributed by atoms with E-state index in [1.807, 2.05) is 0 Å². The first-order valence-corrected chi connectivity index (χ1v) is 7.35. The van der Waals surface area contributed by atoms with Crippen LogP contribution in [0.25, 0.3) is 0 Å².